The first kappa shape index (κ1) is 14.7. The summed E-state index contributed by atoms with van der Waals surface area (Å²) < 4.78 is 5.58. The maximum Gasteiger partial charge on any atom is 0.161 e. The number of nitrogens with one attached hydrogen (secondary N) is 1. The van der Waals surface area contributed by atoms with Gasteiger partial charge in [0.15, 0.2) is 5.82 Å². The van der Waals surface area contributed by atoms with Gasteiger partial charge in [-0.25, -0.2) is 9.97 Å². The number of thiophene rings is 1. The highest BCUT2D eigenvalue weighted by molar-refractivity contribution is 7.19. The third kappa shape index (κ3) is 2.64. The highest BCUT2D eigenvalue weighted by atomic mass is 32.1. The number of hydrogen-bond acceptors (Lipinski definition) is 5. The van der Waals surface area contributed by atoms with Crippen LogP contribution in [-0.2, 0) is 17.6 Å². The van der Waals surface area contributed by atoms with Crippen LogP contribution in [0, 0.1) is 0 Å². The van der Waals surface area contributed by atoms with E-state index in [0.29, 0.717) is 0 Å². The van der Waals surface area contributed by atoms with E-state index in [1.807, 2.05) is 18.4 Å². The molecule has 0 amide bonds. The number of fused-ring (bicyclic) bond motifs is 3. The van der Waals surface area contributed by atoms with Crippen molar-refractivity contribution in [1.82, 2.24) is 9.97 Å². The van der Waals surface area contributed by atoms with Gasteiger partial charge < -0.3 is 10.1 Å². The average Bonchev–Trinajstić information content (AvgIpc) is 2.90. The summed E-state index contributed by atoms with van der Waals surface area (Å²) in [5.74, 6) is 1.78. The Morgan fingerprint density at radius 1 is 1.29 bits per heavy atom. The number of nitrogens with zero attached hydrogens (tertiary/aromatic N) is 2. The van der Waals surface area contributed by atoms with Crippen LogP contribution in [0.5, 0.6) is 0 Å². The summed E-state index contributed by atoms with van der Waals surface area (Å²) in [6.07, 6.45) is 6.94. The predicted octanol–water partition coefficient (Wildman–Crippen LogP) is 4.10. The van der Waals surface area contributed by atoms with Crippen LogP contribution >= 0.6 is 11.3 Å². The number of ether oxygens (including phenoxy) is 1. The normalized spacial score (nSPS) is 16.0. The van der Waals surface area contributed by atoms with Crippen molar-refractivity contribution in [2.75, 3.05) is 19.5 Å². The summed E-state index contributed by atoms with van der Waals surface area (Å²) >= 11 is 1.84. The molecule has 1 aliphatic carbocycles. The number of aromatic nitrogens is 2. The summed E-state index contributed by atoms with van der Waals surface area (Å²) in [5.41, 5.74) is 1.47. The summed E-state index contributed by atoms with van der Waals surface area (Å²) in [5, 5.41) is 4.51. The maximum absolute atomic E-state index is 5.58. The van der Waals surface area contributed by atoms with E-state index in [0.717, 1.165) is 35.7 Å². The summed E-state index contributed by atoms with van der Waals surface area (Å²) in [4.78, 5) is 12.2. The molecule has 2 aromatic heterocycles. The molecule has 1 aliphatic rings. The van der Waals surface area contributed by atoms with Crippen LogP contribution in [0.1, 0.15) is 55.0 Å². The quantitative estimate of drug-likeness (QED) is 0.903. The van der Waals surface area contributed by atoms with Gasteiger partial charge in [0.1, 0.15) is 16.8 Å². The van der Waals surface area contributed by atoms with Gasteiger partial charge in [0.25, 0.3) is 0 Å². The molecule has 21 heavy (non-hydrogen) atoms. The molecule has 4 nitrogen and oxygen atoms in total. The van der Waals surface area contributed by atoms with Gasteiger partial charge in [0.2, 0.25) is 0 Å². The molecule has 0 saturated carbocycles. The smallest absolute Gasteiger partial charge is 0.161 e. The Bertz CT molecular complexity index is 638. The molecule has 0 radical (unpaired) electrons. The molecule has 1 atom stereocenters. The van der Waals surface area contributed by atoms with Crippen molar-refractivity contribution >= 4 is 27.4 Å². The molecule has 0 saturated heterocycles. The summed E-state index contributed by atoms with van der Waals surface area (Å²) in [6, 6.07) is 0. The lowest BCUT2D eigenvalue weighted by molar-refractivity contribution is 0.0881. The minimum absolute atomic E-state index is 0.00868. The van der Waals surface area contributed by atoms with Gasteiger partial charge in [-0.15, -0.1) is 11.3 Å². The first-order valence-corrected chi connectivity index (χ1v) is 8.62. The SMILES string of the molecule is CCCC(OC)c1nc(NC)c2c3c(sc2n1)CCCC3. The van der Waals surface area contributed by atoms with Crippen LogP contribution in [-0.4, -0.2) is 24.1 Å². The van der Waals surface area contributed by atoms with Gasteiger partial charge in [-0.2, -0.15) is 0 Å². The van der Waals surface area contributed by atoms with E-state index >= 15 is 0 Å². The Morgan fingerprint density at radius 2 is 2.10 bits per heavy atom. The molecular weight excluding hydrogens is 282 g/mol. The van der Waals surface area contributed by atoms with Crippen LogP contribution in [0.25, 0.3) is 10.2 Å². The van der Waals surface area contributed by atoms with Crippen molar-refractivity contribution < 1.29 is 4.74 Å². The van der Waals surface area contributed by atoms with Crippen LogP contribution in [0.15, 0.2) is 0 Å². The van der Waals surface area contributed by atoms with Gasteiger partial charge in [-0.05, 0) is 37.7 Å². The van der Waals surface area contributed by atoms with Crippen LogP contribution in [0.4, 0.5) is 5.82 Å². The zero-order valence-electron chi connectivity index (χ0n) is 13.0. The minimum atomic E-state index is -0.00868. The molecule has 5 heteroatoms. The number of methoxy groups -OCH3 is 1. The Balaban J connectivity index is 2.13. The first-order chi connectivity index (χ1) is 10.3. The molecule has 0 bridgehead atoms. The Morgan fingerprint density at radius 3 is 2.81 bits per heavy atom. The van der Waals surface area contributed by atoms with Crippen LogP contribution < -0.4 is 5.32 Å². The van der Waals surface area contributed by atoms with E-state index in [-0.39, 0.29) is 6.10 Å². The lowest BCUT2D eigenvalue weighted by Gasteiger charge is -2.15. The predicted molar refractivity (Wildman–Crippen MR) is 88.3 cm³/mol. The minimum Gasteiger partial charge on any atom is -0.373 e. The van der Waals surface area contributed by atoms with E-state index in [1.165, 1.54) is 35.1 Å². The number of aryl methyl sites for hydroxylation is 2. The van der Waals surface area contributed by atoms with Gasteiger partial charge in [0.05, 0.1) is 5.39 Å². The van der Waals surface area contributed by atoms with Crippen LogP contribution in [0.3, 0.4) is 0 Å². The van der Waals surface area contributed by atoms with E-state index in [2.05, 4.69) is 12.2 Å². The lowest BCUT2D eigenvalue weighted by atomic mass is 9.97. The third-order valence-electron chi connectivity index (χ3n) is 4.19. The second-order valence-corrected chi connectivity index (χ2v) is 6.67. The molecule has 2 heterocycles. The van der Waals surface area contributed by atoms with Crippen molar-refractivity contribution in [1.29, 1.82) is 0 Å². The molecular formula is C16H23N3OS. The molecule has 0 spiro atoms. The molecule has 1 unspecified atom stereocenters. The van der Waals surface area contributed by atoms with Crippen molar-refractivity contribution in [3.05, 3.63) is 16.3 Å². The molecule has 114 valence electrons. The van der Waals surface area contributed by atoms with Gasteiger partial charge in [0, 0.05) is 19.0 Å². The lowest BCUT2D eigenvalue weighted by Crippen LogP contribution is -2.09. The summed E-state index contributed by atoms with van der Waals surface area (Å²) in [6.45, 7) is 2.16. The summed E-state index contributed by atoms with van der Waals surface area (Å²) in [7, 11) is 3.69. The molecule has 1 N–H and O–H groups in total. The van der Waals surface area contributed by atoms with E-state index in [1.54, 1.807) is 7.11 Å². The zero-order valence-corrected chi connectivity index (χ0v) is 13.8. The molecule has 2 aromatic rings. The zero-order chi connectivity index (χ0) is 14.8. The number of anilines is 1. The monoisotopic (exact) mass is 305 g/mol. The molecule has 0 fully saturated rings. The molecule has 0 aliphatic heterocycles. The van der Waals surface area contributed by atoms with E-state index < -0.39 is 0 Å². The standard InChI is InChI=1S/C16H23N3OS/c1-4-7-11(20-3)14-18-15(17-2)13-10-8-5-6-9-12(10)21-16(13)19-14/h11H,4-9H2,1-3H3,(H,17,18,19). The number of rotatable bonds is 5. The van der Waals surface area contributed by atoms with Crippen molar-refractivity contribution in [2.24, 2.45) is 0 Å². The fourth-order valence-corrected chi connectivity index (χ4v) is 4.38. The Kier molecular flexibility index (Phi) is 4.40. The second kappa shape index (κ2) is 6.28. The first-order valence-electron chi connectivity index (χ1n) is 7.81. The van der Waals surface area contributed by atoms with Crippen LogP contribution in [0.2, 0.25) is 0 Å². The Hall–Kier alpha value is -1.20. The average molecular weight is 305 g/mol. The Labute approximate surface area is 129 Å². The fraction of sp³-hybridized carbons (Fsp3) is 0.625. The van der Waals surface area contributed by atoms with Gasteiger partial charge in [-0.1, -0.05) is 13.3 Å². The third-order valence-corrected chi connectivity index (χ3v) is 5.38. The van der Waals surface area contributed by atoms with E-state index in [9.17, 15) is 0 Å². The largest absolute Gasteiger partial charge is 0.373 e. The van der Waals surface area contributed by atoms with E-state index in [4.69, 9.17) is 14.7 Å². The topological polar surface area (TPSA) is 47.0 Å². The van der Waals surface area contributed by atoms with Gasteiger partial charge in [-0.3, -0.25) is 0 Å². The maximum atomic E-state index is 5.58. The van der Waals surface area contributed by atoms with Gasteiger partial charge >= 0.3 is 0 Å². The highest BCUT2D eigenvalue weighted by Gasteiger charge is 2.22. The van der Waals surface area contributed by atoms with Crippen molar-refractivity contribution in [3.63, 3.8) is 0 Å². The molecule has 0 aromatic carbocycles. The van der Waals surface area contributed by atoms with Crippen molar-refractivity contribution in [3.8, 4) is 0 Å². The van der Waals surface area contributed by atoms with Crippen molar-refractivity contribution in [2.45, 2.75) is 51.6 Å². The fourth-order valence-electron chi connectivity index (χ4n) is 3.11. The number of hydrogen-bond donors (Lipinski definition) is 1. The highest BCUT2D eigenvalue weighted by Crippen LogP contribution is 2.39. The molecule has 3 rings (SSSR count). The second-order valence-electron chi connectivity index (χ2n) is 5.58.